The van der Waals surface area contributed by atoms with Gasteiger partial charge in [-0.2, -0.15) is 5.26 Å². The number of rotatable bonds is 3. The summed E-state index contributed by atoms with van der Waals surface area (Å²) in [5.41, 5.74) is 3.04. The zero-order valence-electron chi connectivity index (χ0n) is 10.5. The SMILES string of the molecule is N#Cc1ccc(Br)cc1NC(=O)c1nc(NN)ccc1Cl. The first kappa shape index (κ1) is 15.3. The number of hydrogen-bond acceptors (Lipinski definition) is 5. The van der Waals surface area contributed by atoms with Crippen LogP contribution < -0.4 is 16.6 Å². The van der Waals surface area contributed by atoms with Crippen LogP contribution in [0.2, 0.25) is 5.02 Å². The van der Waals surface area contributed by atoms with Gasteiger partial charge in [-0.1, -0.05) is 27.5 Å². The molecule has 0 atom stereocenters. The fourth-order valence-electron chi connectivity index (χ4n) is 1.58. The van der Waals surface area contributed by atoms with Gasteiger partial charge in [0.05, 0.1) is 16.3 Å². The van der Waals surface area contributed by atoms with Crippen molar-refractivity contribution < 1.29 is 4.79 Å². The molecule has 0 saturated heterocycles. The highest BCUT2D eigenvalue weighted by Crippen LogP contribution is 2.23. The highest BCUT2D eigenvalue weighted by atomic mass is 79.9. The molecule has 0 aliphatic rings. The predicted molar refractivity (Wildman–Crippen MR) is 83.9 cm³/mol. The van der Waals surface area contributed by atoms with Gasteiger partial charge >= 0.3 is 0 Å². The van der Waals surface area contributed by atoms with E-state index in [0.29, 0.717) is 17.1 Å². The standard InChI is InChI=1S/C13H9BrClN5O/c14-8-2-1-7(6-16)10(5-8)18-13(21)12-9(15)3-4-11(19-12)20-17/h1-5H,17H2,(H,18,21)(H,19,20). The summed E-state index contributed by atoms with van der Waals surface area (Å²) >= 11 is 9.23. The van der Waals surface area contributed by atoms with Crippen molar-refractivity contribution in [3.8, 4) is 6.07 Å². The van der Waals surface area contributed by atoms with E-state index in [9.17, 15) is 4.79 Å². The Balaban J connectivity index is 2.35. The molecule has 0 aliphatic carbocycles. The average Bonchev–Trinajstić information content (AvgIpc) is 2.48. The molecule has 0 spiro atoms. The Morgan fingerprint density at radius 3 is 2.81 bits per heavy atom. The van der Waals surface area contributed by atoms with E-state index >= 15 is 0 Å². The number of hydrazine groups is 1. The summed E-state index contributed by atoms with van der Waals surface area (Å²) in [6.07, 6.45) is 0. The van der Waals surface area contributed by atoms with Gasteiger partial charge in [0.15, 0.2) is 0 Å². The van der Waals surface area contributed by atoms with Gasteiger partial charge in [0.2, 0.25) is 0 Å². The number of anilines is 2. The summed E-state index contributed by atoms with van der Waals surface area (Å²) in [6, 6.07) is 9.96. The number of nitrogen functional groups attached to an aromatic ring is 1. The van der Waals surface area contributed by atoms with Crippen molar-refractivity contribution in [3.63, 3.8) is 0 Å². The average molecular weight is 367 g/mol. The van der Waals surface area contributed by atoms with Crippen LogP contribution in [0.5, 0.6) is 0 Å². The number of pyridine rings is 1. The Labute approximate surface area is 134 Å². The van der Waals surface area contributed by atoms with Crippen LogP contribution in [0.25, 0.3) is 0 Å². The second-order valence-electron chi connectivity index (χ2n) is 3.93. The van der Waals surface area contributed by atoms with Gasteiger partial charge in [-0.3, -0.25) is 4.79 Å². The van der Waals surface area contributed by atoms with Crippen molar-refractivity contribution in [1.82, 2.24) is 4.98 Å². The monoisotopic (exact) mass is 365 g/mol. The number of hydrogen-bond donors (Lipinski definition) is 3. The summed E-state index contributed by atoms with van der Waals surface area (Å²) in [5.74, 6) is 5.02. The maximum absolute atomic E-state index is 12.2. The second-order valence-corrected chi connectivity index (χ2v) is 5.25. The smallest absolute Gasteiger partial charge is 0.275 e. The molecule has 0 saturated carbocycles. The predicted octanol–water partition coefficient (Wildman–Crippen LogP) is 2.91. The molecule has 1 aromatic heterocycles. The minimum absolute atomic E-state index is 0.0102. The topological polar surface area (TPSA) is 104 Å². The molecule has 0 fully saturated rings. The van der Waals surface area contributed by atoms with E-state index in [1.807, 2.05) is 6.07 Å². The number of benzene rings is 1. The Kier molecular flexibility index (Phi) is 4.75. The zero-order chi connectivity index (χ0) is 15.4. The maximum atomic E-state index is 12.2. The fourth-order valence-corrected chi connectivity index (χ4v) is 2.13. The van der Waals surface area contributed by atoms with Crippen LogP contribution in [-0.4, -0.2) is 10.9 Å². The molecule has 8 heteroatoms. The van der Waals surface area contributed by atoms with Crippen LogP contribution in [0, 0.1) is 11.3 Å². The van der Waals surface area contributed by atoms with Crippen LogP contribution in [-0.2, 0) is 0 Å². The number of aromatic nitrogens is 1. The number of carbonyl (C=O) groups excluding carboxylic acids is 1. The Hall–Kier alpha value is -2.14. The van der Waals surface area contributed by atoms with E-state index in [1.54, 1.807) is 24.3 Å². The Bertz CT molecular complexity index is 744. The normalized spacial score (nSPS) is 9.81. The summed E-state index contributed by atoms with van der Waals surface area (Å²) < 4.78 is 0.730. The largest absolute Gasteiger partial charge is 0.319 e. The fraction of sp³-hybridized carbons (Fsp3) is 0. The Morgan fingerprint density at radius 1 is 1.38 bits per heavy atom. The number of amides is 1. The van der Waals surface area contributed by atoms with Gasteiger partial charge < -0.3 is 10.7 Å². The first-order valence-electron chi connectivity index (χ1n) is 5.69. The highest BCUT2D eigenvalue weighted by molar-refractivity contribution is 9.10. The van der Waals surface area contributed by atoms with E-state index in [4.69, 9.17) is 22.7 Å². The van der Waals surface area contributed by atoms with Crippen LogP contribution >= 0.6 is 27.5 Å². The third-order valence-corrected chi connectivity index (χ3v) is 3.36. The van der Waals surface area contributed by atoms with Gasteiger partial charge in [-0.25, -0.2) is 10.8 Å². The molecule has 0 aliphatic heterocycles. The van der Waals surface area contributed by atoms with Gasteiger partial charge in [-0.15, -0.1) is 0 Å². The molecular formula is C13H9BrClN5O. The molecule has 0 unspecified atom stereocenters. The maximum Gasteiger partial charge on any atom is 0.275 e. The first-order valence-corrected chi connectivity index (χ1v) is 6.86. The lowest BCUT2D eigenvalue weighted by atomic mass is 10.2. The van der Waals surface area contributed by atoms with Crippen molar-refractivity contribution >= 4 is 44.9 Å². The molecule has 6 nitrogen and oxygen atoms in total. The lowest BCUT2D eigenvalue weighted by Crippen LogP contribution is -2.17. The van der Waals surface area contributed by atoms with E-state index in [0.717, 1.165) is 4.47 Å². The highest BCUT2D eigenvalue weighted by Gasteiger charge is 2.15. The van der Waals surface area contributed by atoms with E-state index < -0.39 is 5.91 Å². The summed E-state index contributed by atoms with van der Waals surface area (Å²) in [6.45, 7) is 0. The molecular weight excluding hydrogens is 358 g/mol. The van der Waals surface area contributed by atoms with Crippen molar-refractivity contribution in [2.24, 2.45) is 5.84 Å². The quantitative estimate of drug-likeness (QED) is 0.572. The number of halogens is 2. The van der Waals surface area contributed by atoms with E-state index in [-0.39, 0.29) is 10.7 Å². The van der Waals surface area contributed by atoms with E-state index in [1.165, 1.54) is 6.07 Å². The van der Waals surface area contributed by atoms with Crippen LogP contribution in [0.3, 0.4) is 0 Å². The number of nitrogens with two attached hydrogens (primary N) is 1. The van der Waals surface area contributed by atoms with Crippen LogP contribution in [0.1, 0.15) is 16.1 Å². The lowest BCUT2D eigenvalue weighted by molar-refractivity contribution is 0.102. The van der Waals surface area contributed by atoms with Crippen molar-refractivity contribution in [1.29, 1.82) is 5.26 Å². The van der Waals surface area contributed by atoms with Crippen LogP contribution in [0.15, 0.2) is 34.8 Å². The molecule has 1 aromatic carbocycles. The van der Waals surface area contributed by atoms with Gasteiger partial charge in [0.1, 0.15) is 17.6 Å². The molecule has 2 aromatic rings. The van der Waals surface area contributed by atoms with Gasteiger partial charge in [0.25, 0.3) is 5.91 Å². The Morgan fingerprint density at radius 2 is 2.14 bits per heavy atom. The van der Waals surface area contributed by atoms with Crippen molar-refractivity contribution in [3.05, 3.63) is 51.1 Å². The van der Waals surface area contributed by atoms with Crippen molar-refractivity contribution in [2.75, 3.05) is 10.7 Å². The van der Waals surface area contributed by atoms with Gasteiger partial charge in [0, 0.05) is 4.47 Å². The summed E-state index contributed by atoms with van der Waals surface area (Å²) in [4.78, 5) is 16.2. The minimum Gasteiger partial charge on any atom is -0.319 e. The van der Waals surface area contributed by atoms with E-state index in [2.05, 4.69) is 31.7 Å². The number of nitrogens with zero attached hydrogens (tertiary/aromatic N) is 2. The molecule has 1 amide bonds. The first-order chi connectivity index (χ1) is 10.0. The molecule has 2 rings (SSSR count). The minimum atomic E-state index is -0.535. The summed E-state index contributed by atoms with van der Waals surface area (Å²) in [5, 5.41) is 11.8. The van der Waals surface area contributed by atoms with Gasteiger partial charge in [-0.05, 0) is 30.3 Å². The number of nitrogens with one attached hydrogen (secondary N) is 2. The molecule has 4 N–H and O–H groups in total. The lowest BCUT2D eigenvalue weighted by Gasteiger charge is -2.09. The molecule has 1 heterocycles. The second kappa shape index (κ2) is 6.54. The van der Waals surface area contributed by atoms with Crippen molar-refractivity contribution in [2.45, 2.75) is 0 Å². The summed E-state index contributed by atoms with van der Waals surface area (Å²) in [7, 11) is 0. The molecule has 0 radical (unpaired) electrons. The third-order valence-electron chi connectivity index (χ3n) is 2.56. The molecule has 0 bridgehead atoms. The van der Waals surface area contributed by atoms with Crippen LogP contribution in [0.4, 0.5) is 11.5 Å². The zero-order valence-corrected chi connectivity index (χ0v) is 12.9. The molecule has 21 heavy (non-hydrogen) atoms. The number of carbonyl (C=O) groups is 1. The number of nitriles is 1. The third kappa shape index (κ3) is 3.49. The molecule has 106 valence electrons.